The molecule has 3 rings (SSSR count). The Morgan fingerprint density at radius 2 is 1.83 bits per heavy atom. The van der Waals surface area contributed by atoms with Crippen LogP contribution in [0.1, 0.15) is 28.8 Å². The third-order valence-corrected chi connectivity index (χ3v) is 4.24. The Bertz CT molecular complexity index is 755. The van der Waals surface area contributed by atoms with Gasteiger partial charge >= 0.3 is 0 Å². The Labute approximate surface area is 132 Å². The molecule has 0 radical (unpaired) electrons. The number of hydrogen-bond donors (Lipinski definition) is 1. The number of carbonyl (C=O) groups excluding carboxylic acids is 1. The van der Waals surface area contributed by atoms with E-state index in [1.807, 2.05) is 0 Å². The van der Waals surface area contributed by atoms with Crippen LogP contribution in [0.3, 0.4) is 0 Å². The van der Waals surface area contributed by atoms with Crippen molar-refractivity contribution in [3.63, 3.8) is 0 Å². The number of nitrogens with zero attached hydrogens (tertiary/aromatic N) is 1. The van der Waals surface area contributed by atoms with Crippen LogP contribution in [0.4, 0.5) is 10.1 Å². The van der Waals surface area contributed by atoms with Crippen molar-refractivity contribution in [1.29, 1.82) is 0 Å². The fourth-order valence-corrected chi connectivity index (χ4v) is 2.69. The number of nitro groups is 1. The second-order valence-corrected chi connectivity index (χ2v) is 5.74. The first-order valence-electron chi connectivity index (χ1n) is 7.29. The number of para-hydroxylation sites is 1. The maximum Gasteiger partial charge on any atom is 0.282 e. The van der Waals surface area contributed by atoms with Gasteiger partial charge in [0.2, 0.25) is 0 Å². The van der Waals surface area contributed by atoms with E-state index in [2.05, 4.69) is 5.32 Å². The molecule has 0 saturated heterocycles. The normalized spacial score (nSPS) is 15.0. The molecular formula is C17H15FN2O3. The minimum atomic E-state index is -0.568. The highest BCUT2D eigenvalue weighted by Crippen LogP contribution is 2.47. The Balaban J connectivity index is 1.72. The molecule has 6 heteroatoms. The van der Waals surface area contributed by atoms with Gasteiger partial charge in [-0.05, 0) is 36.6 Å². The fourth-order valence-electron chi connectivity index (χ4n) is 2.69. The molecule has 1 aliphatic rings. The van der Waals surface area contributed by atoms with Gasteiger partial charge in [0.1, 0.15) is 11.4 Å². The first-order valence-corrected chi connectivity index (χ1v) is 7.29. The summed E-state index contributed by atoms with van der Waals surface area (Å²) < 4.78 is 13.0. The Kier molecular flexibility index (Phi) is 3.82. The third kappa shape index (κ3) is 3.06. The molecule has 1 fully saturated rings. The van der Waals surface area contributed by atoms with Crippen molar-refractivity contribution in [2.24, 2.45) is 0 Å². The molecule has 5 nitrogen and oxygen atoms in total. The van der Waals surface area contributed by atoms with Crippen molar-refractivity contribution in [3.8, 4) is 0 Å². The van der Waals surface area contributed by atoms with Crippen molar-refractivity contribution < 1.29 is 14.1 Å². The molecule has 2 aromatic rings. The molecule has 0 heterocycles. The molecule has 1 amide bonds. The monoisotopic (exact) mass is 314 g/mol. The van der Waals surface area contributed by atoms with E-state index in [0.29, 0.717) is 6.54 Å². The van der Waals surface area contributed by atoms with E-state index >= 15 is 0 Å². The highest BCUT2D eigenvalue weighted by Gasteiger charge is 2.44. The van der Waals surface area contributed by atoms with Crippen LogP contribution in [0, 0.1) is 15.9 Å². The minimum Gasteiger partial charge on any atom is -0.351 e. The molecule has 0 unspecified atom stereocenters. The summed E-state index contributed by atoms with van der Waals surface area (Å²) in [5.74, 6) is -0.765. The number of rotatable bonds is 5. The highest BCUT2D eigenvalue weighted by molar-refractivity contribution is 5.98. The second-order valence-electron chi connectivity index (χ2n) is 5.74. The first-order chi connectivity index (χ1) is 11.0. The lowest BCUT2D eigenvalue weighted by molar-refractivity contribution is -0.385. The number of amides is 1. The molecule has 0 atom stereocenters. The van der Waals surface area contributed by atoms with Gasteiger partial charge in [-0.3, -0.25) is 14.9 Å². The van der Waals surface area contributed by atoms with E-state index in [0.717, 1.165) is 18.4 Å². The molecule has 1 saturated carbocycles. The van der Waals surface area contributed by atoms with Gasteiger partial charge in [0.25, 0.3) is 11.6 Å². The molecule has 0 aliphatic heterocycles. The summed E-state index contributed by atoms with van der Waals surface area (Å²) in [7, 11) is 0. The smallest absolute Gasteiger partial charge is 0.282 e. The van der Waals surface area contributed by atoms with E-state index < -0.39 is 10.8 Å². The summed E-state index contributed by atoms with van der Waals surface area (Å²) >= 11 is 0. The third-order valence-electron chi connectivity index (χ3n) is 4.24. The standard InChI is InChI=1S/C17H15FN2O3/c18-13-7-5-12(6-8-13)17(9-10-17)11-19-16(21)14-3-1-2-4-15(14)20(22)23/h1-8H,9-11H2,(H,19,21). The van der Waals surface area contributed by atoms with Gasteiger partial charge in [0.05, 0.1) is 4.92 Å². The number of halogens is 1. The van der Waals surface area contributed by atoms with Crippen LogP contribution in [0.5, 0.6) is 0 Å². The van der Waals surface area contributed by atoms with Gasteiger partial charge in [-0.15, -0.1) is 0 Å². The van der Waals surface area contributed by atoms with Crippen LogP contribution in [0.15, 0.2) is 48.5 Å². The SMILES string of the molecule is O=C(NCC1(c2ccc(F)cc2)CC1)c1ccccc1[N+](=O)[O-]. The number of hydrogen-bond acceptors (Lipinski definition) is 3. The summed E-state index contributed by atoms with van der Waals surface area (Å²) in [5.41, 5.74) is 0.623. The van der Waals surface area contributed by atoms with E-state index in [1.54, 1.807) is 18.2 Å². The van der Waals surface area contributed by atoms with E-state index in [-0.39, 0.29) is 22.5 Å². The molecule has 118 valence electrons. The molecular weight excluding hydrogens is 299 g/mol. The van der Waals surface area contributed by atoms with Crippen molar-refractivity contribution in [2.45, 2.75) is 18.3 Å². The predicted octanol–water partition coefficient (Wildman–Crippen LogP) is 3.20. The summed E-state index contributed by atoms with van der Waals surface area (Å²) in [6.07, 6.45) is 1.80. The van der Waals surface area contributed by atoms with E-state index in [9.17, 15) is 19.3 Å². The molecule has 1 N–H and O–H groups in total. The average Bonchev–Trinajstić information content (AvgIpc) is 3.34. The number of nitro benzene ring substituents is 1. The molecule has 0 bridgehead atoms. The van der Waals surface area contributed by atoms with Crippen LogP contribution in [0.2, 0.25) is 0 Å². The Morgan fingerprint density at radius 3 is 2.43 bits per heavy atom. The lowest BCUT2D eigenvalue weighted by Gasteiger charge is -2.16. The van der Waals surface area contributed by atoms with Gasteiger partial charge in [-0.1, -0.05) is 24.3 Å². The van der Waals surface area contributed by atoms with Gasteiger partial charge in [-0.2, -0.15) is 0 Å². The molecule has 23 heavy (non-hydrogen) atoms. The topological polar surface area (TPSA) is 72.2 Å². The van der Waals surface area contributed by atoms with Gasteiger partial charge < -0.3 is 5.32 Å². The van der Waals surface area contributed by atoms with Crippen molar-refractivity contribution >= 4 is 11.6 Å². The van der Waals surface area contributed by atoms with Crippen molar-refractivity contribution in [3.05, 3.63) is 75.6 Å². The minimum absolute atomic E-state index is 0.0485. The van der Waals surface area contributed by atoms with Gasteiger partial charge in [0, 0.05) is 18.0 Å². The zero-order valence-corrected chi connectivity index (χ0v) is 12.3. The maximum absolute atomic E-state index is 13.0. The van der Waals surface area contributed by atoms with Crippen LogP contribution in [-0.2, 0) is 5.41 Å². The van der Waals surface area contributed by atoms with Crippen molar-refractivity contribution in [1.82, 2.24) is 5.32 Å². The van der Waals surface area contributed by atoms with Gasteiger partial charge in [-0.25, -0.2) is 4.39 Å². The predicted molar refractivity (Wildman–Crippen MR) is 82.7 cm³/mol. The van der Waals surface area contributed by atoms with Gasteiger partial charge in [0.15, 0.2) is 0 Å². The largest absolute Gasteiger partial charge is 0.351 e. The Morgan fingerprint density at radius 1 is 1.17 bits per heavy atom. The van der Waals surface area contributed by atoms with Crippen molar-refractivity contribution in [2.75, 3.05) is 6.54 Å². The zero-order valence-electron chi connectivity index (χ0n) is 12.3. The average molecular weight is 314 g/mol. The second kappa shape index (κ2) is 5.79. The van der Waals surface area contributed by atoms with Crippen LogP contribution < -0.4 is 5.32 Å². The number of nitrogens with one attached hydrogen (secondary N) is 1. The molecule has 0 spiro atoms. The summed E-state index contributed by atoms with van der Waals surface area (Å²) in [6, 6.07) is 12.1. The Hall–Kier alpha value is -2.76. The van der Waals surface area contributed by atoms with Crippen LogP contribution >= 0.6 is 0 Å². The summed E-state index contributed by atoms with van der Waals surface area (Å²) in [5, 5.41) is 13.8. The van der Waals surface area contributed by atoms with E-state index in [4.69, 9.17) is 0 Å². The van der Waals surface area contributed by atoms with Crippen LogP contribution in [0.25, 0.3) is 0 Å². The quantitative estimate of drug-likeness (QED) is 0.680. The van der Waals surface area contributed by atoms with E-state index in [1.165, 1.54) is 30.3 Å². The molecule has 0 aromatic heterocycles. The zero-order chi connectivity index (χ0) is 16.4. The fraction of sp³-hybridized carbons (Fsp3) is 0.235. The first kappa shape index (κ1) is 15.1. The molecule has 2 aromatic carbocycles. The lowest BCUT2D eigenvalue weighted by atomic mass is 9.96. The maximum atomic E-state index is 13.0. The van der Waals surface area contributed by atoms with Crippen LogP contribution in [-0.4, -0.2) is 17.4 Å². The number of carbonyl (C=O) groups is 1. The highest BCUT2D eigenvalue weighted by atomic mass is 19.1. The molecule has 1 aliphatic carbocycles. The number of benzene rings is 2. The summed E-state index contributed by atoms with van der Waals surface area (Å²) in [6.45, 7) is 0.378. The summed E-state index contributed by atoms with van der Waals surface area (Å²) in [4.78, 5) is 22.7. The lowest BCUT2D eigenvalue weighted by Crippen LogP contribution is -2.32.